The molecule has 0 aliphatic carbocycles. The van der Waals surface area contributed by atoms with Crippen LogP contribution in [-0.2, 0) is 0 Å². The van der Waals surface area contributed by atoms with Gasteiger partial charge in [0.1, 0.15) is 0 Å². The van der Waals surface area contributed by atoms with Crippen molar-refractivity contribution in [2.75, 3.05) is 0 Å². The molecule has 0 atom stereocenters. The van der Waals surface area contributed by atoms with Crippen LogP contribution in [0.4, 0.5) is 0 Å². The highest BCUT2D eigenvalue weighted by Gasteiger charge is 2.03. The zero-order chi connectivity index (χ0) is 7.82. The van der Waals surface area contributed by atoms with Crippen molar-refractivity contribution in [3.63, 3.8) is 0 Å². The summed E-state index contributed by atoms with van der Waals surface area (Å²) in [5, 5.41) is 0. The molecule has 10 heavy (non-hydrogen) atoms. The van der Waals surface area contributed by atoms with Crippen LogP contribution in [0.5, 0.6) is 0 Å². The maximum Gasteiger partial charge on any atom is -0.0414 e. The molecule has 0 aromatic heterocycles. The minimum atomic E-state index is 0.903. The molecule has 0 saturated heterocycles. The van der Waals surface area contributed by atoms with Crippen molar-refractivity contribution in [3.8, 4) is 0 Å². The Balaban J connectivity index is 3.30. The van der Waals surface area contributed by atoms with Crippen molar-refractivity contribution in [3.05, 3.63) is 13.8 Å². The summed E-state index contributed by atoms with van der Waals surface area (Å²) in [5.41, 5.74) is 0. The minimum Gasteiger partial charge on any atom is -0.0654 e. The lowest BCUT2D eigenvalue weighted by Gasteiger charge is -2.12. The van der Waals surface area contributed by atoms with E-state index < -0.39 is 0 Å². The van der Waals surface area contributed by atoms with Gasteiger partial charge in [0.05, 0.1) is 0 Å². The lowest BCUT2D eigenvalue weighted by molar-refractivity contribution is 0.421. The van der Waals surface area contributed by atoms with Crippen molar-refractivity contribution in [2.24, 2.45) is 5.92 Å². The van der Waals surface area contributed by atoms with Crippen molar-refractivity contribution in [1.82, 2.24) is 0 Å². The summed E-state index contributed by atoms with van der Waals surface area (Å²) < 4.78 is 0. The Morgan fingerprint density at radius 1 is 1.00 bits per heavy atom. The maximum absolute atomic E-state index is 3.87. The van der Waals surface area contributed by atoms with Gasteiger partial charge in [0.2, 0.25) is 0 Å². The van der Waals surface area contributed by atoms with Crippen molar-refractivity contribution >= 4 is 0 Å². The molecule has 0 nitrogen and oxygen atoms in total. The molecule has 0 amide bonds. The minimum absolute atomic E-state index is 0.903. The molecule has 0 fully saturated rings. The van der Waals surface area contributed by atoms with E-state index in [9.17, 15) is 0 Å². The molecule has 2 radical (unpaired) electrons. The van der Waals surface area contributed by atoms with Gasteiger partial charge in [0.25, 0.3) is 0 Å². The predicted molar refractivity (Wildman–Crippen MR) is 47.6 cm³/mol. The predicted octanol–water partition coefficient (Wildman–Crippen LogP) is 3.63. The van der Waals surface area contributed by atoms with Crippen LogP contribution in [0, 0.1) is 19.8 Å². The standard InChI is InChI=1S/C10H20/c1-4-7-10(8-5-2)9-6-3/h10H,1-2,4-9H2,3H3. The molecular weight excluding hydrogens is 120 g/mol. The van der Waals surface area contributed by atoms with Gasteiger partial charge in [0.15, 0.2) is 0 Å². The van der Waals surface area contributed by atoms with Crippen molar-refractivity contribution in [2.45, 2.75) is 45.4 Å². The summed E-state index contributed by atoms with van der Waals surface area (Å²) in [4.78, 5) is 0. The molecular formula is C10H20. The van der Waals surface area contributed by atoms with Crippen LogP contribution >= 0.6 is 0 Å². The zero-order valence-corrected chi connectivity index (χ0v) is 7.23. The Morgan fingerprint density at radius 3 is 1.80 bits per heavy atom. The third-order valence-corrected chi connectivity index (χ3v) is 1.92. The number of rotatable bonds is 6. The smallest absolute Gasteiger partial charge is 0.0414 e. The molecule has 0 aliphatic heterocycles. The molecule has 0 unspecified atom stereocenters. The Hall–Kier alpha value is 0. The third-order valence-electron chi connectivity index (χ3n) is 1.92. The first-order valence-electron chi connectivity index (χ1n) is 4.43. The Morgan fingerprint density at radius 2 is 1.50 bits per heavy atom. The van der Waals surface area contributed by atoms with E-state index in [4.69, 9.17) is 0 Å². The topological polar surface area (TPSA) is 0 Å². The summed E-state index contributed by atoms with van der Waals surface area (Å²) >= 11 is 0. The van der Waals surface area contributed by atoms with E-state index in [1.165, 1.54) is 25.7 Å². The first kappa shape index (κ1) is 10.0. The van der Waals surface area contributed by atoms with Gasteiger partial charge < -0.3 is 0 Å². The van der Waals surface area contributed by atoms with E-state index in [2.05, 4.69) is 20.8 Å². The molecule has 0 N–H and O–H groups in total. The van der Waals surface area contributed by atoms with Gasteiger partial charge in [0, 0.05) is 0 Å². The molecule has 0 saturated carbocycles. The molecule has 0 aliphatic rings. The Labute approximate surface area is 66.0 Å². The number of hydrogen-bond acceptors (Lipinski definition) is 0. The monoisotopic (exact) mass is 140 g/mol. The summed E-state index contributed by atoms with van der Waals surface area (Å²) in [6.07, 6.45) is 7.44. The average Bonchev–Trinajstić information content (AvgIpc) is 1.90. The van der Waals surface area contributed by atoms with E-state index in [1.807, 2.05) is 0 Å². The Bertz CT molecular complexity index is 42.8. The largest absolute Gasteiger partial charge is 0.0654 e. The fourth-order valence-electron chi connectivity index (χ4n) is 1.42. The highest BCUT2D eigenvalue weighted by Crippen LogP contribution is 2.18. The molecule has 60 valence electrons. The number of hydrogen-bond donors (Lipinski definition) is 0. The van der Waals surface area contributed by atoms with Crippen LogP contribution in [0.1, 0.15) is 45.4 Å². The summed E-state index contributed by atoms with van der Waals surface area (Å²) in [5.74, 6) is 0.903. The highest BCUT2D eigenvalue weighted by atomic mass is 14.1. The van der Waals surface area contributed by atoms with Gasteiger partial charge in [-0.2, -0.15) is 0 Å². The van der Waals surface area contributed by atoms with Gasteiger partial charge in [-0.15, -0.1) is 0 Å². The molecule has 0 heterocycles. The van der Waals surface area contributed by atoms with Crippen LogP contribution in [0.25, 0.3) is 0 Å². The molecule has 0 heteroatoms. The molecule has 0 aromatic carbocycles. The second-order valence-corrected chi connectivity index (χ2v) is 2.94. The zero-order valence-electron chi connectivity index (χ0n) is 7.23. The van der Waals surface area contributed by atoms with Crippen LogP contribution in [-0.4, -0.2) is 0 Å². The Kier molecular flexibility index (Phi) is 7.11. The van der Waals surface area contributed by atoms with Crippen LogP contribution < -0.4 is 0 Å². The first-order valence-corrected chi connectivity index (χ1v) is 4.43. The van der Waals surface area contributed by atoms with Gasteiger partial charge in [-0.3, -0.25) is 0 Å². The third kappa shape index (κ3) is 4.84. The quantitative estimate of drug-likeness (QED) is 0.528. The lowest BCUT2D eigenvalue weighted by atomic mass is 9.94. The summed E-state index contributed by atoms with van der Waals surface area (Å²) in [7, 11) is 0. The van der Waals surface area contributed by atoms with Crippen molar-refractivity contribution < 1.29 is 0 Å². The fraction of sp³-hybridized carbons (Fsp3) is 0.800. The summed E-state index contributed by atoms with van der Waals surface area (Å²) in [6.45, 7) is 9.99. The SMILES string of the molecule is [CH2]CCC(CC[CH2])CCC. The van der Waals surface area contributed by atoms with Crippen LogP contribution in [0.2, 0.25) is 0 Å². The van der Waals surface area contributed by atoms with Gasteiger partial charge in [-0.05, 0) is 5.92 Å². The molecule has 0 spiro atoms. The van der Waals surface area contributed by atoms with Crippen molar-refractivity contribution in [1.29, 1.82) is 0 Å². The van der Waals surface area contributed by atoms with Gasteiger partial charge >= 0.3 is 0 Å². The summed E-state index contributed by atoms with van der Waals surface area (Å²) in [6, 6.07) is 0. The van der Waals surface area contributed by atoms with E-state index in [0.29, 0.717) is 0 Å². The van der Waals surface area contributed by atoms with E-state index in [-0.39, 0.29) is 0 Å². The van der Waals surface area contributed by atoms with Crippen LogP contribution in [0.15, 0.2) is 0 Å². The first-order chi connectivity index (χ1) is 4.85. The van der Waals surface area contributed by atoms with Crippen LogP contribution in [0.3, 0.4) is 0 Å². The average molecular weight is 140 g/mol. The second-order valence-electron chi connectivity index (χ2n) is 2.94. The second kappa shape index (κ2) is 7.11. The highest BCUT2D eigenvalue weighted by molar-refractivity contribution is 4.60. The normalized spacial score (nSPS) is 10.8. The maximum atomic E-state index is 3.87. The molecule has 0 rings (SSSR count). The fourth-order valence-corrected chi connectivity index (χ4v) is 1.42. The molecule has 0 bridgehead atoms. The van der Waals surface area contributed by atoms with Gasteiger partial charge in [-0.25, -0.2) is 0 Å². The van der Waals surface area contributed by atoms with E-state index in [1.54, 1.807) is 0 Å². The molecule has 0 aromatic rings. The van der Waals surface area contributed by atoms with E-state index in [0.717, 1.165) is 18.8 Å². The lowest BCUT2D eigenvalue weighted by Crippen LogP contribution is -1.98. The van der Waals surface area contributed by atoms with Gasteiger partial charge in [-0.1, -0.05) is 59.3 Å². The van der Waals surface area contributed by atoms with E-state index >= 15 is 0 Å².